The van der Waals surface area contributed by atoms with Crippen LogP contribution in [0.4, 0.5) is 4.79 Å². The number of urea groups is 1. The summed E-state index contributed by atoms with van der Waals surface area (Å²) in [7, 11) is 0. The second-order valence-corrected chi connectivity index (χ2v) is 6.45. The average molecular weight is 301 g/mol. The highest BCUT2D eigenvalue weighted by molar-refractivity contribution is 5.85. The summed E-state index contributed by atoms with van der Waals surface area (Å²) in [5, 5.41) is 5.78. The Morgan fingerprint density at radius 1 is 1.27 bits per heavy atom. The third-order valence-electron chi connectivity index (χ3n) is 4.78. The van der Waals surface area contributed by atoms with Crippen LogP contribution >= 0.6 is 0 Å². The van der Waals surface area contributed by atoms with Crippen molar-refractivity contribution in [3.05, 3.63) is 35.9 Å². The van der Waals surface area contributed by atoms with Gasteiger partial charge in [0.1, 0.15) is 6.54 Å². The van der Waals surface area contributed by atoms with Crippen molar-refractivity contribution in [2.75, 3.05) is 26.2 Å². The highest BCUT2D eigenvalue weighted by Gasteiger charge is 2.37. The molecule has 3 rings (SSSR count). The molecule has 3 amide bonds. The second kappa shape index (κ2) is 6.38. The fraction of sp³-hybridized carbons (Fsp3) is 0.529. The molecule has 1 aromatic carbocycles. The highest BCUT2D eigenvalue weighted by Crippen LogP contribution is 2.43. The van der Waals surface area contributed by atoms with E-state index >= 15 is 0 Å². The number of amides is 3. The molecule has 1 heterocycles. The molecule has 0 bridgehead atoms. The molecule has 0 aromatic heterocycles. The summed E-state index contributed by atoms with van der Waals surface area (Å²) in [6.45, 7) is 1.99. The summed E-state index contributed by atoms with van der Waals surface area (Å²) < 4.78 is 0. The van der Waals surface area contributed by atoms with Crippen molar-refractivity contribution in [1.82, 2.24) is 15.5 Å². The van der Waals surface area contributed by atoms with Crippen LogP contribution in [-0.2, 0) is 11.2 Å². The van der Waals surface area contributed by atoms with Crippen LogP contribution in [0.1, 0.15) is 24.8 Å². The second-order valence-electron chi connectivity index (χ2n) is 6.45. The van der Waals surface area contributed by atoms with Crippen molar-refractivity contribution in [3.63, 3.8) is 0 Å². The van der Waals surface area contributed by atoms with Crippen LogP contribution < -0.4 is 10.6 Å². The topological polar surface area (TPSA) is 61.4 Å². The molecule has 1 aliphatic carbocycles. The molecule has 0 atom stereocenters. The Morgan fingerprint density at radius 2 is 2.05 bits per heavy atom. The standard InChI is InChI=1S/C17H23N3O2/c21-15-12-20(10-9-18-15)16(22)19-13-17(7-4-8-17)11-14-5-2-1-3-6-14/h1-3,5-6H,4,7-13H2,(H,18,21)(H,19,22). The zero-order valence-corrected chi connectivity index (χ0v) is 12.8. The Hall–Kier alpha value is -2.04. The third-order valence-corrected chi connectivity index (χ3v) is 4.78. The van der Waals surface area contributed by atoms with Crippen LogP contribution in [0.2, 0.25) is 0 Å². The number of hydrogen-bond acceptors (Lipinski definition) is 2. The molecule has 1 saturated carbocycles. The summed E-state index contributed by atoms with van der Waals surface area (Å²) in [4.78, 5) is 25.2. The van der Waals surface area contributed by atoms with Gasteiger partial charge in [-0.25, -0.2) is 4.79 Å². The van der Waals surface area contributed by atoms with Crippen LogP contribution in [0.15, 0.2) is 30.3 Å². The Kier molecular flexibility index (Phi) is 4.32. The fourth-order valence-corrected chi connectivity index (χ4v) is 3.31. The van der Waals surface area contributed by atoms with Gasteiger partial charge in [0.05, 0.1) is 0 Å². The lowest BCUT2D eigenvalue weighted by Gasteiger charge is -2.43. The van der Waals surface area contributed by atoms with Gasteiger partial charge in [0.15, 0.2) is 0 Å². The molecule has 0 radical (unpaired) electrons. The molecular weight excluding hydrogens is 278 g/mol. The van der Waals surface area contributed by atoms with Crippen LogP contribution in [0.3, 0.4) is 0 Å². The maximum atomic E-state index is 12.2. The molecule has 1 aliphatic heterocycles. The van der Waals surface area contributed by atoms with E-state index in [1.54, 1.807) is 4.90 Å². The van der Waals surface area contributed by atoms with Crippen LogP contribution in [-0.4, -0.2) is 43.0 Å². The van der Waals surface area contributed by atoms with E-state index in [2.05, 4.69) is 34.9 Å². The van der Waals surface area contributed by atoms with Gasteiger partial charge in [-0.2, -0.15) is 0 Å². The van der Waals surface area contributed by atoms with Crippen LogP contribution in [0.25, 0.3) is 0 Å². The first-order valence-corrected chi connectivity index (χ1v) is 8.00. The molecular formula is C17H23N3O2. The van der Waals surface area contributed by atoms with Gasteiger partial charge in [0, 0.05) is 19.6 Å². The third kappa shape index (κ3) is 3.40. The SMILES string of the molecule is O=C1CN(C(=O)NCC2(Cc3ccccc3)CCC2)CCN1. The molecule has 22 heavy (non-hydrogen) atoms. The molecule has 2 fully saturated rings. The lowest BCUT2D eigenvalue weighted by Crippen LogP contribution is -2.55. The van der Waals surface area contributed by atoms with Crippen molar-refractivity contribution in [3.8, 4) is 0 Å². The minimum absolute atomic E-state index is 0.0796. The predicted octanol–water partition coefficient (Wildman–Crippen LogP) is 1.54. The minimum Gasteiger partial charge on any atom is -0.353 e. The summed E-state index contributed by atoms with van der Waals surface area (Å²) in [5.41, 5.74) is 1.52. The van der Waals surface area contributed by atoms with Gasteiger partial charge in [0.2, 0.25) is 5.91 Å². The van der Waals surface area contributed by atoms with E-state index in [1.807, 2.05) is 6.07 Å². The Labute approximate surface area is 131 Å². The van der Waals surface area contributed by atoms with Gasteiger partial charge in [-0.1, -0.05) is 36.8 Å². The highest BCUT2D eigenvalue weighted by atomic mass is 16.2. The molecule has 5 nitrogen and oxygen atoms in total. The molecule has 118 valence electrons. The van der Waals surface area contributed by atoms with Gasteiger partial charge in [-0.05, 0) is 30.2 Å². The van der Waals surface area contributed by atoms with Crippen molar-refractivity contribution in [2.24, 2.45) is 5.41 Å². The van der Waals surface area contributed by atoms with Crippen molar-refractivity contribution in [2.45, 2.75) is 25.7 Å². The monoisotopic (exact) mass is 301 g/mol. The molecule has 5 heteroatoms. The zero-order chi connectivity index (χ0) is 15.4. The number of rotatable bonds is 4. The molecule has 0 spiro atoms. The van der Waals surface area contributed by atoms with Gasteiger partial charge >= 0.3 is 6.03 Å². The van der Waals surface area contributed by atoms with Crippen molar-refractivity contribution >= 4 is 11.9 Å². The first kappa shape index (κ1) is 14.9. The molecule has 2 aliphatic rings. The Bertz CT molecular complexity index is 540. The normalized spacial score (nSPS) is 20.0. The van der Waals surface area contributed by atoms with Gasteiger partial charge in [-0.3, -0.25) is 4.79 Å². The maximum absolute atomic E-state index is 12.2. The summed E-state index contributed by atoms with van der Waals surface area (Å²) >= 11 is 0. The number of piperazine rings is 1. The van der Waals surface area contributed by atoms with Crippen LogP contribution in [0.5, 0.6) is 0 Å². The molecule has 1 saturated heterocycles. The number of nitrogens with one attached hydrogen (secondary N) is 2. The van der Waals surface area contributed by atoms with Crippen LogP contribution in [0, 0.1) is 5.41 Å². The van der Waals surface area contributed by atoms with E-state index in [0.717, 1.165) is 19.3 Å². The van der Waals surface area contributed by atoms with E-state index in [4.69, 9.17) is 0 Å². The number of hydrogen-bond donors (Lipinski definition) is 2. The van der Waals surface area contributed by atoms with Gasteiger partial charge < -0.3 is 15.5 Å². The first-order chi connectivity index (χ1) is 10.7. The molecule has 2 N–H and O–H groups in total. The van der Waals surface area contributed by atoms with E-state index in [9.17, 15) is 9.59 Å². The number of nitrogens with zero attached hydrogens (tertiary/aromatic N) is 1. The number of benzene rings is 1. The van der Waals surface area contributed by atoms with Crippen molar-refractivity contribution in [1.29, 1.82) is 0 Å². The van der Waals surface area contributed by atoms with E-state index in [1.165, 1.54) is 12.0 Å². The van der Waals surface area contributed by atoms with E-state index < -0.39 is 0 Å². The Morgan fingerprint density at radius 3 is 2.68 bits per heavy atom. The average Bonchev–Trinajstić information content (AvgIpc) is 2.50. The smallest absolute Gasteiger partial charge is 0.317 e. The maximum Gasteiger partial charge on any atom is 0.317 e. The van der Waals surface area contributed by atoms with E-state index in [-0.39, 0.29) is 23.9 Å². The summed E-state index contributed by atoms with van der Waals surface area (Å²) in [6, 6.07) is 10.3. The van der Waals surface area contributed by atoms with E-state index in [0.29, 0.717) is 19.6 Å². The molecule has 1 aromatic rings. The minimum atomic E-state index is -0.116. The predicted molar refractivity (Wildman–Crippen MR) is 84.4 cm³/mol. The van der Waals surface area contributed by atoms with Crippen molar-refractivity contribution < 1.29 is 9.59 Å². The van der Waals surface area contributed by atoms with Gasteiger partial charge in [0.25, 0.3) is 0 Å². The lowest BCUT2D eigenvalue weighted by molar-refractivity contribution is -0.123. The first-order valence-electron chi connectivity index (χ1n) is 8.00. The number of carbonyl (C=O) groups excluding carboxylic acids is 2. The Balaban J connectivity index is 1.54. The quantitative estimate of drug-likeness (QED) is 0.886. The largest absolute Gasteiger partial charge is 0.353 e. The van der Waals surface area contributed by atoms with Gasteiger partial charge in [-0.15, -0.1) is 0 Å². The summed E-state index contributed by atoms with van der Waals surface area (Å²) in [5.74, 6) is -0.0796. The summed E-state index contributed by atoms with van der Waals surface area (Å²) in [6.07, 6.45) is 4.55. The lowest BCUT2D eigenvalue weighted by atomic mass is 9.65. The zero-order valence-electron chi connectivity index (χ0n) is 12.8. The molecule has 0 unspecified atom stereocenters. The fourth-order valence-electron chi connectivity index (χ4n) is 3.31. The number of carbonyl (C=O) groups is 2.